The minimum atomic E-state index is -0.935. The van der Waals surface area contributed by atoms with Crippen LogP contribution < -0.4 is 5.32 Å². The molecule has 3 atom stereocenters. The summed E-state index contributed by atoms with van der Waals surface area (Å²) in [5.41, 5.74) is 2.91. The molecule has 0 saturated heterocycles. The molecule has 24 heavy (non-hydrogen) atoms. The van der Waals surface area contributed by atoms with Crippen LogP contribution in [0, 0.1) is 5.92 Å². The van der Waals surface area contributed by atoms with Gasteiger partial charge in [0, 0.05) is 5.92 Å². The Morgan fingerprint density at radius 2 is 1.88 bits per heavy atom. The number of carbonyl (C=O) groups is 1. The van der Waals surface area contributed by atoms with Crippen LogP contribution in [0.15, 0.2) is 48.6 Å². The summed E-state index contributed by atoms with van der Waals surface area (Å²) in [6.45, 7) is 0. The van der Waals surface area contributed by atoms with Crippen molar-refractivity contribution < 1.29 is 9.90 Å². The predicted octanol–water partition coefficient (Wildman–Crippen LogP) is 5.52. The molecule has 3 nitrogen and oxygen atoms in total. The number of allylic oxidation sites excluding steroid dienone is 2. The van der Waals surface area contributed by atoms with E-state index in [-0.39, 0.29) is 23.4 Å². The molecule has 0 spiro atoms. The highest BCUT2D eigenvalue weighted by Gasteiger charge is 2.40. The topological polar surface area (TPSA) is 49.3 Å². The average molecular weight is 360 g/mol. The van der Waals surface area contributed by atoms with Gasteiger partial charge < -0.3 is 10.4 Å². The first-order valence-electron chi connectivity index (χ1n) is 7.81. The molecule has 1 aliphatic carbocycles. The molecule has 0 unspecified atom stereocenters. The third-order valence-corrected chi connectivity index (χ3v) is 5.78. The fraction of sp³-hybridized carbons (Fsp3) is 0.211. The Labute approximate surface area is 149 Å². The normalized spacial score (nSPS) is 24.2. The Morgan fingerprint density at radius 1 is 1.12 bits per heavy atom. The molecule has 1 heterocycles. The minimum absolute atomic E-state index is 0.0794. The molecule has 0 bridgehead atoms. The maximum Gasteiger partial charge on any atom is 0.337 e. The van der Waals surface area contributed by atoms with Crippen LogP contribution in [0.5, 0.6) is 0 Å². The van der Waals surface area contributed by atoms with Gasteiger partial charge in [0.15, 0.2) is 0 Å². The summed E-state index contributed by atoms with van der Waals surface area (Å²) in [7, 11) is 0. The van der Waals surface area contributed by atoms with Crippen LogP contribution in [0.3, 0.4) is 0 Å². The summed E-state index contributed by atoms with van der Waals surface area (Å²) in [6, 6.07) is 10.9. The molecule has 0 amide bonds. The lowest BCUT2D eigenvalue weighted by molar-refractivity contribution is 0.0697. The molecule has 5 heteroatoms. The zero-order chi connectivity index (χ0) is 16.8. The third kappa shape index (κ3) is 2.31. The van der Waals surface area contributed by atoms with Crippen LogP contribution in [-0.2, 0) is 0 Å². The number of halogens is 2. The number of para-hydroxylation sites is 1. The number of hydrogen-bond acceptors (Lipinski definition) is 2. The van der Waals surface area contributed by atoms with Gasteiger partial charge in [-0.2, -0.15) is 0 Å². The van der Waals surface area contributed by atoms with Crippen molar-refractivity contribution >= 4 is 34.9 Å². The lowest BCUT2D eigenvalue weighted by atomic mass is 9.76. The highest BCUT2D eigenvalue weighted by Crippen LogP contribution is 2.52. The van der Waals surface area contributed by atoms with Crippen molar-refractivity contribution in [2.45, 2.75) is 18.4 Å². The van der Waals surface area contributed by atoms with Gasteiger partial charge in [-0.15, -0.1) is 0 Å². The summed E-state index contributed by atoms with van der Waals surface area (Å²) in [4.78, 5) is 11.6. The summed E-state index contributed by atoms with van der Waals surface area (Å²) >= 11 is 12.6. The van der Waals surface area contributed by atoms with Crippen LogP contribution in [0.1, 0.15) is 39.9 Å². The number of fused-ring (bicyclic) bond motifs is 3. The Morgan fingerprint density at radius 3 is 2.67 bits per heavy atom. The second kappa shape index (κ2) is 5.83. The van der Waals surface area contributed by atoms with E-state index < -0.39 is 5.97 Å². The van der Waals surface area contributed by atoms with E-state index in [9.17, 15) is 9.90 Å². The van der Waals surface area contributed by atoms with Gasteiger partial charge in [0.25, 0.3) is 0 Å². The first-order chi connectivity index (χ1) is 11.6. The average Bonchev–Trinajstić information content (AvgIpc) is 3.06. The van der Waals surface area contributed by atoms with E-state index in [2.05, 4.69) is 17.5 Å². The standard InChI is InChI=1S/C19H15Cl2NO2/c20-15-9-3-7-13(16(15)21)17-11-5-1-4-10(11)12-6-2-8-14(19(23)24)18(12)22-17/h1-4,6-11,17,22H,5H2,(H,23,24)/t10-,11+,17+/m0/s1. The molecule has 122 valence electrons. The Balaban J connectivity index is 1.88. The fourth-order valence-electron chi connectivity index (χ4n) is 3.87. The Hall–Kier alpha value is -1.97. The number of carboxylic acid groups (broad SMARTS) is 1. The van der Waals surface area contributed by atoms with Crippen molar-refractivity contribution in [2.24, 2.45) is 5.92 Å². The second-order valence-corrected chi connectivity index (χ2v) is 6.98. The van der Waals surface area contributed by atoms with E-state index in [1.54, 1.807) is 18.2 Å². The molecular formula is C19H15Cl2NO2. The van der Waals surface area contributed by atoms with Crippen LogP contribution in [-0.4, -0.2) is 11.1 Å². The first kappa shape index (κ1) is 15.6. The van der Waals surface area contributed by atoms with Crippen molar-refractivity contribution in [2.75, 3.05) is 5.32 Å². The van der Waals surface area contributed by atoms with Crippen LogP contribution in [0.2, 0.25) is 10.0 Å². The Bertz CT molecular complexity index is 862. The van der Waals surface area contributed by atoms with Gasteiger partial charge in [0.05, 0.1) is 27.3 Å². The molecule has 2 aliphatic rings. The monoisotopic (exact) mass is 359 g/mol. The van der Waals surface area contributed by atoms with Crippen LogP contribution >= 0.6 is 23.2 Å². The largest absolute Gasteiger partial charge is 0.478 e. The van der Waals surface area contributed by atoms with Crippen molar-refractivity contribution in [3.63, 3.8) is 0 Å². The quantitative estimate of drug-likeness (QED) is 0.694. The van der Waals surface area contributed by atoms with E-state index in [1.807, 2.05) is 18.2 Å². The summed E-state index contributed by atoms with van der Waals surface area (Å²) in [5.74, 6) is -0.464. The minimum Gasteiger partial charge on any atom is -0.478 e. The lowest BCUT2D eigenvalue weighted by Crippen LogP contribution is -2.30. The molecule has 2 aromatic rings. The molecular weight excluding hydrogens is 345 g/mol. The number of rotatable bonds is 2. The van der Waals surface area contributed by atoms with E-state index in [1.165, 1.54) is 0 Å². The zero-order valence-electron chi connectivity index (χ0n) is 12.7. The first-order valence-corrected chi connectivity index (χ1v) is 8.57. The summed E-state index contributed by atoms with van der Waals surface area (Å²) < 4.78 is 0. The number of nitrogens with one attached hydrogen (secondary N) is 1. The molecule has 2 N–H and O–H groups in total. The van der Waals surface area contributed by atoms with Crippen molar-refractivity contribution in [3.8, 4) is 0 Å². The SMILES string of the molecule is O=C(O)c1cccc2c1N[C@@H](c1cccc(Cl)c1Cl)[C@@H]1CC=C[C@H]21. The van der Waals surface area contributed by atoms with Crippen molar-refractivity contribution in [1.82, 2.24) is 0 Å². The Kier molecular flexibility index (Phi) is 3.78. The maximum absolute atomic E-state index is 11.6. The summed E-state index contributed by atoms with van der Waals surface area (Å²) in [6.07, 6.45) is 5.24. The highest BCUT2D eigenvalue weighted by molar-refractivity contribution is 6.42. The predicted molar refractivity (Wildman–Crippen MR) is 96.2 cm³/mol. The number of anilines is 1. The molecule has 1 aliphatic heterocycles. The van der Waals surface area contributed by atoms with E-state index in [0.29, 0.717) is 15.7 Å². The van der Waals surface area contributed by atoms with Gasteiger partial charge >= 0.3 is 5.97 Å². The van der Waals surface area contributed by atoms with Gasteiger partial charge in [-0.1, -0.05) is 59.6 Å². The number of aromatic carboxylic acids is 1. The number of carboxylic acids is 1. The van der Waals surface area contributed by atoms with E-state index in [0.717, 1.165) is 17.5 Å². The molecule has 0 fully saturated rings. The highest BCUT2D eigenvalue weighted by atomic mass is 35.5. The fourth-order valence-corrected chi connectivity index (χ4v) is 4.29. The van der Waals surface area contributed by atoms with Crippen molar-refractivity contribution in [1.29, 1.82) is 0 Å². The number of benzene rings is 2. The van der Waals surface area contributed by atoms with E-state index >= 15 is 0 Å². The van der Waals surface area contributed by atoms with Crippen molar-refractivity contribution in [3.05, 3.63) is 75.3 Å². The van der Waals surface area contributed by atoms with Gasteiger partial charge in [0.2, 0.25) is 0 Å². The second-order valence-electron chi connectivity index (χ2n) is 6.19. The van der Waals surface area contributed by atoms with Crippen LogP contribution in [0.25, 0.3) is 0 Å². The zero-order valence-corrected chi connectivity index (χ0v) is 14.2. The molecule has 0 aromatic heterocycles. The molecule has 0 radical (unpaired) electrons. The smallest absolute Gasteiger partial charge is 0.337 e. The van der Waals surface area contributed by atoms with Gasteiger partial charge in [-0.05, 0) is 35.6 Å². The van der Waals surface area contributed by atoms with E-state index in [4.69, 9.17) is 23.2 Å². The van der Waals surface area contributed by atoms with Gasteiger partial charge in [-0.3, -0.25) is 0 Å². The van der Waals surface area contributed by atoms with Gasteiger partial charge in [-0.25, -0.2) is 4.79 Å². The maximum atomic E-state index is 11.6. The number of hydrogen-bond donors (Lipinski definition) is 2. The van der Waals surface area contributed by atoms with Gasteiger partial charge in [0.1, 0.15) is 0 Å². The molecule has 4 rings (SSSR count). The molecule has 0 saturated carbocycles. The molecule has 2 aromatic carbocycles. The van der Waals surface area contributed by atoms with Crippen LogP contribution in [0.4, 0.5) is 5.69 Å². The third-order valence-electron chi connectivity index (χ3n) is 4.94. The lowest BCUT2D eigenvalue weighted by Gasteiger charge is -2.38. The summed E-state index contributed by atoms with van der Waals surface area (Å²) in [5, 5.41) is 14.0.